The van der Waals surface area contributed by atoms with Crippen LogP contribution in [-0.2, 0) is 6.42 Å². The number of nitrogens with one attached hydrogen (secondary N) is 1. The third-order valence-electron chi connectivity index (χ3n) is 2.70. The molecular formula is C14H24N2. The molecule has 1 rings (SSSR count). The summed E-state index contributed by atoms with van der Waals surface area (Å²) in [6, 6.07) is 2.08. The fourth-order valence-corrected chi connectivity index (χ4v) is 1.64. The molecular weight excluding hydrogens is 196 g/mol. The maximum absolute atomic E-state index is 4.19. The van der Waals surface area contributed by atoms with Crippen LogP contribution in [0.4, 0.5) is 0 Å². The van der Waals surface area contributed by atoms with Crippen molar-refractivity contribution in [2.45, 2.75) is 46.6 Å². The average molecular weight is 220 g/mol. The summed E-state index contributed by atoms with van der Waals surface area (Å²) in [6.07, 6.45) is 4.95. The number of hydrogen-bond donors (Lipinski definition) is 1. The van der Waals surface area contributed by atoms with Gasteiger partial charge in [-0.25, -0.2) is 0 Å². The Morgan fingerprint density at radius 1 is 1.38 bits per heavy atom. The molecule has 0 aliphatic rings. The van der Waals surface area contributed by atoms with Gasteiger partial charge in [-0.2, -0.15) is 0 Å². The zero-order chi connectivity index (χ0) is 12.2. The molecule has 0 bridgehead atoms. The van der Waals surface area contributed by atoms with Gasteiger partial charge in [0.25, 0.3) is 0 Å². The minimum absolute atomic E-state index is 0.207. The van der Waals surface area contributed by atoms with E-state index in [2.05, 4.69) is 51.0 Å². The summed E-state index contributed by atoms with van der Waals surface area (Å²) in [4.78, 5) is 4.19. The monoisotopic (exact) mass is 220 g/mol. The van der Waals surface area contributed by atoms with Crippen molar-refractivity contribution >= 4 is 0 Å². The van der Waals surface area contributed by atoms with Crippen molar-refractivity contribution in [1.82, 2.24) is 10.3 Å². The van der Waals surface area contributed by atoms with Crippen molar-refractivity contribution in [2.24, 2.45) is 5.92 Å². The van der Waals surface area contributed by atoms with Gasteiger partial charge in [0.2, 0.25) is 0 Å². The van der Waals surface area contributed by atoms with Crippen LogP contribution in [0.5, 0.6) is 0 Å². The van der Waals surface area contributed by atoms with E-state index in [0.29, 0.717) is 5.92 Å². The zero-order valence-electron chi connectivity index (χ0n) is 11.2. The Bertz CT molecular complexity index is 326. The molecule has 1 aromatic heterocycles. The van der Waals surface area contributed by atoms with Crippen molar-refractivity contribution in [3.63, 3.8) is 0 Å². The highest BCUT2D eigenvalue weighted by Crippen LogP contribution is 2.12. The average Bonchev–Trinajstić information content (AvgIpc) is 2.18. The number of pyridine rings is 1. The quantitative estimate of drug-likeness (QED) is 0.844. The van der Waals surface area contributed by atoms with E-state index < -0.39 is 0 Å². The standard InChI is InChI=1S/C14H24N2/c1-11(9-16-14(3,4)5)8-13-10-15-7-6-12(13)2/h6-7,10-11,16H,8-9H2,1-5H3. The summed E-state index contributed by atoms with van der Waals surface area (Å²) in [6.45, 7) is 12.1. The first kappa shape index (κ1) is 13.2. The van der Waals surface area contributed by atoms with E-state index in [1.807, 2.05) is 12.4 Å². The summed E-state index contributed by atoms with van der Waals surface area (Å²) in [5.41, 5.74) is 2.92. The fourth-order valence-electron chi connectivity index (χ4n) is 1.64. The van der Waals surface area contributed by atoms with Gasteiger partial charge in [0, 0.05) is 17.9 Å². The number of hydrogen-bond acceptors (Lipinski definition) is 2. The van der Waals surface area contributed by atoms with Crippen molar-refractivity contribution in [3.8, 4) is 0 Å². The van der Waals surface area contributed by atoms with Gasteiger partial charge < -0.3 is 5.32 Å². The molecule has 0 aromatic carbocycles. The second-order valence-corrected chi connectivity index (χ2v) is 5.74. The molecule has 0 spiro atoms. The van der Waals surface area contributed by atoms with Crippen LogP contribution in [0.3, 0.4) is 0 Å². The molecule has 1 heterocycles. The molecule has 0 saturated heterocycles. The van der Waals surface area contributed by atoms with Gasteiger partial charge >= 0.3 is 0 Å². The minimum atomic E-state index is 0.207. The van der Waals surface area contributed by atoms with E-state index in [1.54, 1.807) is 0 Å². The number of nitrogens with zero attached hydrogens (tertiary/aromatic N) is 1. The van der Waals surface area contributed by atoms with Gasteiger partial charge in [-0.3, -0.25) is 4.98 Å². The van der Waals surface area contributed by atoms with Gasteiger partial charge in [-0.1, -0.05) is 6.92 Å². The van der Waals surface area contributed by atoms with Crippen molar-refractivity contribution < 1.29 is 0 Å². The van der Waals surface area contributed by atoms with Gasteiger partial charge in [-0.05, 0) is 63.8 Å². The second-order valence-electron chi connectivity index (χ2n) is 5.74. The number of rotatable bonds is 4. The molecule has 0 radical (unpaired) electrons. The number of aryl methyl sites for hydroxylation is 1. The largest absolute Gasteiger partial charge is 0.312 e. The third-order valence-corrected chi connectivity index (χ3v) is 2.70. The maximum Gasteiger partial charge on any atom is 0.0302 e. The second kappa shape index (κ2) is 5.44. The molecule has 2 nitrogen and oxygen atoms in total. The maximum atomic E-state index is 4.19. The SMILES string of the molecule is Cc1ccncc1CC(C)CNC(C)(C)C. The predicted molar refractivity (Wildman–Crippen MR) is 69.6 cm³/mol. The number of aromatic nitrogens is 1. The first-order valence-electron chi connectivity index (χ1n) is 6.03. The lowest BCUT2D eigenvalue weighted by molar-refractivity contribution is 0.381. The predicted octanol–water partition coefficient (Wildman–Crippen LogP) is 2.96. The van der Waals surface area contributed by atoms with Gasteiger partial charge in [0.05, 0.1) is 0 Å². The highest BCUT2D eigenvalue weighted by atomic mass is 14.9. The molecule has 16 heavy (non-hydrogen) atoms. The van der Waals surface area contributed by atoms with Crippen LogP contribution < -0.4 is 5.32 Å². The van der Waals surface area contributed by atoms with Crippen molar-refractivity contribution in [1.29, 1.82) is 0 Å². The summed E-state index contributed by atoms with van der Waals surface area (Å²) >= 11 is 0. The van der Waals surface area contributed by atoms with Crippen LogP contribution in [0.1, 0.15) is 38.8 Å². The molecule has 0 saturated carbocycles. The lowest BCUT2D eigenvalue weighted by Gasteiger charge is -2.23. The van der Waals surface area contributed by atoms with E-state index in [9.17, 15) is 0 Å². The summed E-state index contributed by atoms with van der Waals surface area (Å²) in [5, 5.41) is 3.54. The Kier molecular flexibility index (Phi) is 4.48. The summed E-state index contributed by atoms with van der Waals surface area (Å²) in [7, 11) is 0. The van der Waals surface area contributed by atoms with E-state index >= 15 is 0 Å². The molecule has 0 aliphatic carbocycles. The molecule has 1 atom stereocenters. The third kappa shape index (κ3) is 4.75. The Balaban J connectivity index is 2.46. The highest BCUT2D eigenvalue weighted by Gasteiger charge is 2.12. The molecule has 0 aliphatic heterocycles. The topological polar surface area (TPSA) is 24.9 Å². The van der Waals surface area contributed by atoms with E-state index in [-0.39, 0.29) is 5.54 Å². The fraction of sp³-hybridized carbons (Fsp3) is 0.643. The van der Waals surface area contributed by atoms with Gasteiger partial charge in [0.15, 0.2) is 0 Å². The first-order chi connectivity index (χ1) is 7.38. The van der Waals surface area contributed by atoms with Crippen molar-refractivity contribution in [3.05, 3.63) is 29.6 Å². The van der Waals surface area contributed by atoms with E-state index in [4.69, 9.17) is 0 Å². The molecule has 1 unspecified atom stereocenters. The minimum Gasteiger partial charge on any atom is -0.312 e. The Labute approximate surface area is 99.5 Å². The van der Waals surface area contributed by atoms with Gasteiger partial charge in [0.1, 0.15) is 0 Å². The Morgan fingerprint density at radius 3 is 2.62 bits per heavy atom. The molecule has 0 fully saturated rings. The summed E-state index contributed by atoms with van der Waals surface area (Å²) in [5.74, 6) is 0.641. The summed E-state index contributed by atoms with van der Waals surface area (Å²) < 4.78 is 0. The van der Waals surface area contributed by atoms with E-state index in [1.165, 1.54) is 11.1 Å². The Morgan fingerprint density at radius 2 is 2.06 bits per heavy atom. The highest BCUT2D eigenvalue weighted by molar-refractivity contribution is 5.21. The molecule has 0 amide bonds. The Hall–Kier alpha value is -0.890. The lowest BCUT2D eigenvalue weighted by Crippen LogP contribution is -2.39. The lowest BCUT2D eigenvalue weighted by atomic mass is 9.98. The van der Waals surface area contributed by atoms with Crippen LogP contribution >= 0.6 is 0 Å². The first-order valence-corrected chi connectivity index (χ1v) is 6.03. The molecule has 2 heteroatoms. The van der Waals surface area contributed by atoms with Crippen LogP contribution in [-0.4, -0.2) is 17.1 Å². The van der Waals surface area contributed by atoms with Crippen molar-refractivity contribution in [2.75, 3.05) is 6.54 Å². The van der Waals surface area contributed by atoms with Gasteiger partial charge in [-0.15, -0.1) is 0 Å². The van der Waals surface area contributed by atoms with Crippen LogP contribution in [0, 0.1) is 12.8 Å². The van der Waals surface area contributed by atoms with E-state index in [0.717, 1.165) is 13.0 Å². The normalized spacial score (nSPS) is 13.8. The zero-order valence-corrected chi connectivity index (χ0v) is 11.2. The van der Waals surface area contributed by atoms with Crippen LogP contribution in [0.2, 0.25) is 0 Å². The molecule has 90 valence electrons. The smallest absolute Gasteiger partial charge is 0.0302 e. The van der Waals surface area contributed by atoms with Crippen LogP contribution in [0.15, 0.2) is 18.5 Å². The molecule has 1 aromatic rings. The van der Waals surface area contributed by atoms with Crippen LogP contribution in [0.25, 0.3) is 0 Å². The molecule has 1 N–H and O–H groups in total.